The third kappa shape index (κ3) is 4.46. The fraction of sp³-hybridized carbons (Fsp3) is 0.182. The molecule has 182 valence electrons. The quantitative estimate of drug-likeness (QED) is 0.423. The summed E-state index contributed by atoms with van der Waals surface area (Å²) in [5.74, 6) is -3.50. The van der Waals surface area contributed by atoms with Gasteiger partial charge in [-0.2, -0.15) is 13.2 Å². The zero-order valence-electron chi connectivity index (χ0n) is 18.0. The predicted molar refractivity (Wildman–Crippen MR) is 119 cm³/mol. The van der Waals surface area contributed by atoms with Gasteiger partial charge in [0, 0.05) is 19.5 Å². The molecule has 0 aliphatic rings. The third-order valence-electron chi connectivity index (χ3n) is 5.31. The maximum atomic E-state index is 14.2. The second-order valence-electron chi connectivity index (χ2n) is 7.59. The zero-order valence-corrected chi connectivity index (χ0v) is 18.9. The number of benzene rings is 2. The van der Waals surface area contributed by atoms with Crippen molar-refractivity contribution in [2.45, 2.75) is 12.6 Å². The van der Waals surface area contributed by atoms with Crippen molar-refractivity contribution in [1.82, 2.24) is 14.1 Å². The lowest BCUT2D eigenvalue weighted by atomic mass is 10.1. The van der Waals surface area contributed by atoms with Crippen molar-refractivity contribution in [3.05, 3.63) is 79.3 Å². The summed E-state index contributed by atoms with van der Waals surface area (Å²) in [7, 11) is 2.81. The first-order valence-electron chi connectivity index (χ1n) is 9.88. The Labute approximate surface area is 197 Å². The SMILES string of the molecule is Cn1c(=O)c2c(CC(=O)Nc3nc(-c4c(F)cc(C(F)(F)F)cc4F)cs3)cccc2n(C)c1=O. The average molecular weight is 510 g/mol. The minimum absolute atomic E-state index is 0.0516. The lowest BCUT2D eigenvalue weighted by Crippen LogP contribution is -2.37. The number of hydrogen-bond acceptors (Lipinski definition) is 5. The van der Waals surface area contributed by atoms with E-state index in [2.05, 4.69) is 10.3 Å². The van der Waals surface area contributed by atoms with Crippen LogP contribution in [0.2, 0.25) is 0 Å². The van der Waals surface area contributed by atoms with Crippen LogP contribution in [0.3, 0.4) is 0 Å². The highest BCUT2D eigenvalue weighted by Gasteiger charge is 2.33. The van der Waals surface area contributed by atoms with Gasteiger partial charge in [0.05, 0.1) is 34.1 Å². The molecule has 35 heavy (non-hydrogen) atoms. The minimum Gasteiger partial charge on any atom is -0.302 e. The van der Waals surface area contributed by atoms with Crippen molar-refractivity contribution >= 4 is 33.3 Å². The van der Waals surface area contributed by atoms with Crippen molar-refractivity contribution in [3.8, 4) is 11.3 Å². The number of rotatable bonds is 4. The number of aryl methyl sites for hydroxylation is 1. The maximum Gasteiger partial charge on any atom is 0.416 e. The first-order valence-corrected chi connectivity index (χ1v) is 10.8. The molecule has 0 unspecified atom stereocenters. The van der Waals surface area contributed by atoms with Gasteiger partial charge in [0.1, 0.15) is 11.6 Å². The van der Waals surface area contributed by atoms with Gasteiger partial charge in [0.15, 0.2) is 5.13 Å². The van der Waals surface area contributed by atoms with Crippen LogP contribution in [0.1, 0.15) is 11.1 Å². The number of thiazole rings is 1. The third-order valence-corrected chi connectivity index (χ3v) is 6.07. The van der Waals surface area contributed by atoms with E-state index in [4.69, 9.17) is 0 Å². The lowest BCUT2D eigenvalue weighted by molar-refractivity contribution is -0.138. The number of amides is 1. The second kappa shape index (κ2) is 8.73. The topological polar surface area (TPSA) is 86.0 Å². The van der Waals surface area contributed by atoms with E-state index in [0.29, 0.717) is 11.1 Å². The van der Waals surface area contributed by atoms with Crippen LogP contribution in [0.25, 0.3) is 22.2 Å². The normalized spacial score (nSPS) is 11.7. The predicted octanol–water partition coefficient (Wildman–Crippen LogP) is 3.84. The second-order valence-corrected chi connectivity index (χ2v) is 8.45. The molecule has 13 heteroatoms. The molecule has 1 N–H and O–H groups in total. The van der Waals surface area contributed by atoms with E-state index >= 15 is 0 Å². The van der Waals surface area contributed by atoms with Gasteiger partial charge in [0.2, 0.25) is 5.91 Å². The first kappa shape index (κ1) is 24.3. The summed E-state index contributed by atoms with van der Waals surface area (Å²) in [4.78, 5) is 41.3. The van der Waals surface area contributed by atoms with E-state index in [1.807, 2.05) is 0 Å². The summed E-state index contributed by atoms with van der Waals surface area (Å²) in [6, 6.07) is 5.05. The van der Waals surface area contributed by atoms with E-state index in [-0.39, 0.29) is 34.8 Å². The minimum atomic E-state index is -4.92. The molecule has 0 spiro atoms. The van der Waals surface area contributed by atoms with E-state index in [9.17, 15) is 36.3 Å². The summed E-state index contributed by atoms with van der Waals surface area (Å²) in [6.07, 6.45) is -5.20. The van der Waals surface area contributed by atoms with Crippen LogP contribution >= 0.6 is 11.3 Å². The molecule has 0 aliphatic carbocycles. The molecular formula is C22H15F5N4O3S. The number of carbonyl (C=O) groups excluding carboxylic acids is 1. The van der Waals surface area contributed by atoms with Crippen molar-refractivity contribution < 1.29 is 26.7 Å². The molecule has 4 rings (SSSR count). The van der Waals surface area contributed by atoms with Crippen molar-refractivity contribution in [2.75, 3.05) is 5.32 Å². The van der Waals surface area contributed by atoms with Crippen LogP contribution in [-0.4, -0.2) is 20.0 Å². The van der Waals surface area contributed by atoms with Gasteiger partial charge in [-0.3, -0.25) is 18.7 Å². The molecule has 0 fully saturated rings. The molecule has 0 atom stereocenters. The molecule has 0 radical (unpaired) electrons. The molecule has 2 aromatic carbocycles. The number of fused-ring (bicyclic) bond motifs is 1. The Hall–Kier alpha value is -3.87. The summed E-state index contributed by atoms with van der Waals surface area (Å²) in [5.41, 5.74) is -2.94. The van der Waals surface area contributed by atoms with Gasteiger partial charge in [0.25, 0.3) is 5.56 Å². The Bertz CT molecular complexity index is 1580. The number of hydrogen-bond donors (Lipinski definition) is 1. The molecule has 7 nitrogen and oxygen atoms in total. The van der Waals surface area contributed by atoms with Gasteiger partial charge >= 0.3 is 11.9 Å². The smallest absolute Gasteiger partial charge is 0.302 e. The van der Waals surface area contributed by atoms with Crippen LogP contribution < -0.4 is 16.6 Å². The number of anilines is 1. The van der Waals surface area contributed by atoms with Crippen molar-refractivity contribution in [2.24, 2.45) is 14.1 Å². The van der Waals surface area contributed by atoms with E-state index in [0.717, 1.165) is 15.9 Å². The largest absolute Gasteiger partial charge is 0.416 e. The monoisotopic (exact) mass is 510 g/mol. The van der Waals surface area contributed by atoms with Crippen LogP contribution in [0, 0.1) is 11.6 Å². The van der Waals surface area contributed by atoms with Gasteiger partial charge in [-0.25, -0.2) is 18.6 Å². The van der Waals surface area contributed by atoms with Crippen molar-refractivity contribution in [1.29, 1.82) is 0 Å². The maximum absolute atomic E-state index is 14.2. The number of nitrogens with one attached hydrogen (secondary N) is 1. The zero-order chi connectivity index (χ0) is 25.7. The van der Waals surface area contributed by atoms with E-state index in [1.165, 1.54) is 24.0 Å². The number of halogens is 5. The molecule has 0 aliphatic heterocycles. The summed E-state index contributed by atoms with van der Waals surface area (Å²) < 4.78 is 69.0. The number of alkyl halides is 3. The van der Waals surface area contributed by atoms with Gasteiger partial charge < -0.3 is 5.32 Å². The Balaban J connectivity index is 1.61. The fourth-order valence-electron chi connectivity index (χ4n) is 3.61. The Morgan fingerprint density at radius 3 is 2.37 bits per heavy atom. The number of nitrogens with zero attached hydrogens (tertiary/aromatic N) is 3. The van der Waals surface area contributed by atoms with Crippen LogP contribution in [0.5, 0.6) is 0 Å². The van der Waals surface area contributed by atoms with E-state index < -0.39 is 46.1 Å². The Kier molecular flexibility index (Phi) is 6.05. The number of carbonyl (C=O) groups is 1. The van der Waals surface area contributed by atoms with Crippen LogP contribution in [0.15, 0.2) is 45.3 Å². The van der Waals surface area contributed by atoms with Gasteiger partial charge in [-0.1, -0.05) is 12.1 Å². The summed E-state index contributed by atoms with van der Waals surface area (Å²) in [6.45, 7) is 0. The molecule has 0 bridgehead atoms. The summed E-state index contributed by atoms with van der Waals surface area (Å²) >= 11 is 0.814. The van der Waals surface area contributed by atoms with Crippen LogP contribution in [-0.2, 0) is 31.5 Å². The molecule has 2 aromatic heterocycles. The Morgan fingerprint density at radius 1 is 1.09 bits per heavy atom. The molecule has 4 aromatic rings. The van der Waals surface area contributed by atoms with Gasteiger partial charge in [-0.05, 0) is 23.8 Å². The first-order chi connectivity index (χ1) is 16.4. The molecular weight excluding hydrogens is 495 g/mol. The average Bonchev–Trinajstić information content (AvgIpc) is 3.22. The molecule has 1 amide bonds. The van der Waals surface area contributed by atoms with Gasteiger partial charge in [-0.15, -0.1) is 11.3 Å². The fourth-order valence-corrected chi connectivity index (χ4v) is 4.32. The van der Waals surface area contributed by atoms with E-state index in [1.54, 1.807) is 18.2 Å². The molecule has 0 saturated carbocycles. The highest BCUT2D eigenvalue weighted by molar-refractivity contribution is 7.14. The van der Waals surface area contributed by atoms with Crippen LogP contribution in [0.4, 0.5) is 27.1 Å². The standard InChI is InChI=1S/C22H15F5N4O3S/c1-30-15-5-3-4-10(17(15)19(33)31(2)21(30)34)6-16(32)29-20-28-14(9-35-20)18-12(23)7-11(8-13(18)24)22(25,26)27/h3-5,7-9H,6H2,1-2H3,(H,28,29,32). The molecule has 2 heterocycles. The summed E-state index contributed by atoms with van der Waals surface area (Å²) in [5, 5.41) is 3.76. The van der Waals surface area contributed by atoms with Crippen molar-refractivity contribution in [3.63, 3.8) is 0 Å². The highest BCUT2D eigenvalue weighted by Crippen LogP contribution is 2.35. The highest BCUT2D eigenvalue weighted by atomic mass is 32.1. The lowest BCUT2D eigenvalue weighted by Gasteiger charge is -2.11. The number of aromatic nitrogens is 3. The Morgan fingerprint density at radius 2 is 1.74 bits per heavy atom. The molecule has 0 saturated heterocycles.